The van der Waals surface area contributed by atoms with Crippen molar-refractivity contribution in [2.75, 3.05) is 0 Å². The second-order valence-electron chi connectivity index (χ2n) is 4.10. The van der Waals surface area contributed by atoms with E-state index in [1.807, 2.05) is 24.3 Å². The Balaban J connectivity index is 2.35. The van der Waals surface area contributed by atoms with E-state index in [-0.39, 0.29) is 11.7 Å². The molecule has 0 aromatic heterocycles. The van der Waals surface area contributed by atoms with Crippen molar-refractivity contribution in [3.8, 4) is 16.9 Å². The lowest BCUT2D eigenvalue weighted by Crippen LogP contribution is -2.11. The lowest BCUT2D eigenvalue weighted by molar-refractivity contribution is -0.117. The lowest BCUT2D eigenvalue weighted by Gasteiger charge is -2.09. The highest BCUT2D eigenvalue weighted by molar-refractivity contribution is 5.75. The molecule has 0 fully saturated rings. The van der Waals surface area contributed by atoms with E-state index < -0.39 is 0 Å². The number of hydrogen-bond acceptors (Lipinski definition) is 2. The minimum atomic E-state index is -0.319. The molecule has 3 N–H and O–H groups in total. The van der Waals surface area contributed by atoms with E-state index in [0.29, 0.717) is 12.8 Å². The Morgan fingerprint density at radius 1 is 1.33 bits per heavy atom. The van der Waals surface area contributed by atoms with Gasteiger partial charge in [0.25, 0.3) is 0 Å². The minimum Gasteiger partial charge on any atom is -0.508 e. The molecular formula is C15H14NO2. The van der Waals surface area contributed by atoms with Crippen molar-refractivity contribution in [3.63, 3.8) is 0 Å². The number of nitrogens with two attached hydrogens (primary N) is 1. The predicted octanol–water partition coefficient (Wildman–Crippen LogP) is 2.28. The van der Waals surface area contributed by atoms with Crippen LogP contribution in [0.15, 0.2) is 42.5 Å². The van der Waals surface area contributed by atoms with E-state index in [2.05, 4.69) is 6.07 Å². The summed E-state index contributed by atoms with van der Waals surface area (Å²) >= 11 is 0. The van der Waals surface area contributed by atoms with E-state index in [9.17, 15) is 9.90 Å². The van der Waals surface area contributed by atoms with Gasteiger partial charge in [-0.05, 0) is 41.3 Å². The van der Waals surface area contributed by atoms with E-state index >= 15 is 0 Å². The Bertz CT molecular complexity index is 564. The second-order valence-corrected chi connectivity index (χ2v) is 4.10. The van der Waals surface area contributed by atoms with Crippen LogP contribution in [0.1, 0.15) is 12.0 Å². The van der Waals surface area contributed by atoms with Crippen molar-refractivity contribution >= 4 is 5.91 Å². The summed E-state index contributed by atoms with van der Waals surface area (Å²) in [5.74, 6) is -0.0955. The fraction of sp³-hybridized carbons (Fsp3) is 0.133. The molecule has 1 amide bonds. The maximum Gasteiger partial charge on any atom is 0.217 e. The molecule has 0 aliphatic heterocycles. The molecule has 0 saturated carbocycles. The van der Waals surface area contributed by atoms with Gasteiger partial charge in [0.15, 0.2) is 0 Å². The van der Waals surface area contributed by atoms with Gasteiger partial charge in [-0.15, -0.1) is 0 Å². The first-order valence-corrected chi connectivity index (χ1v) is 5.73. The van der Waals surface area contributed by atoms with Crippen LogP contribution in [0.3, 0.4) is 0 Å². The Labute approximate surface area is 106 Å². The quantitative estimate of drug-likeness (QED) is 0.861. The van der Waals surface area contributed by atoms with Crippen LogP contribution in [0.2, 0.25) is 0 Å². The summed E-state index contributed by atoms with van der Waals surface area (Å²) in [7, 11) is 0. The molecule has 0 aliphatic carbocycles. The normalized spacial score (nSPS) is 10.2. The van der Waals surface area contributed by atoms with Crippen molar-refractivity contribution in [3.05, 3.63) is 54.1 Å². The Kier molecular flexibility index (Phi) is 3.63. The van der Waals surface area contributed by atoms with Gasteiger partial charge in [0.2, 0.25) is 5.91 Å². The largest absolute Gasteiger partial charge is 0.508 e. The van der Waals surface area contributed by atoms with Crippen LogP contribution in [0.4, 0.5) is 0 Å². The number of carbonyl (C=O) groups excluding carboxylic acids is 1. The highest BCUT2D eigenvalue weighted by Crippen LogP contribution is 2.27. The summed E-state index contributed by atoms with van der Waals surface area (Å²) in [6.07, 6.45) is 0.890. The molecule has 91 valence electrons. The molecule has 3 nitrogen and oxygen atoms in total. The number of aromatic hydroxyl groups is 1. The smallest absolute Gasteiger partial charge is 0.217 e. The molecule has 2 aromatic rings. The number of benzene rings is 2. The summed E-state index contributed by atoms with van der Waals surface area (Å²) in [5.41, 5.74) is 8.08. The fourth-order valence-electron chi connectivity index (χ4n) is 1.88. The minimum absolute atomic E-state index is 0.223. The average Bonchev–Trinajstić information content (AvgIpc) is 2.36. The van der Waals surface area contributed by atoms with E-state index in [1.54, 1.807) is 18.2 Å². The van der Waals surface area contributed by atoms with E-state index in [0.717, 1.165) is 16.7 Å². The number of phenolic OH excluding ortho intramolecular Hbond substituents is 1. The highest BCUT2D eigenvalue weighted by Gasteiger charge is 2.06. The molecule has 0 atom stereocenters. The summed E-state index contributed by atoms with van der Waals surface area (Å²) < 4.78 is 0. The Morgan fingerprint density at radius 2 is 2.17 bits per heavy atom. The standard InChI is InChI=1S/C15H14NO2/c16-15(18)9-8-11-4-1-2-7-14(11)12-5-3-6-13(17)10-12/h2-7,10,17H,8-9H2,(H2,16,18). The monoisotopic (exact) mass is 240 g/mol. The van der Waals surface area contributed by atoms with Crippen LogP contribution in [0.25, 0.3) is 11.1 Å². The zero-order valence-corrected chi connectivity index (χ0v) is 9.89. The second kappa shape index (κ2) is 5.36. The SMILES string of the molecule is NC(=O)CCc1c[c]ccc1-c1cccc(O)c1. The van der Waals surface area contributed by atoms with Gasteiger partial charge < -0.3 is 10.8 Å². The maximum atomic E-state index is 10.8. The molecule has 2 rings (SSSR count). The molecule has 3 heteroatoms. The summed E-state index contributed by atoms with van der Waals surface area (Å²) in [5, 5.41) is 9.50. The first kappa shape index (κ1) is 12.2. The van der Waals surface area contributed by atoms with Crippen LogP contribution in [-0.4, -0.2) is 11.0 Å². The third kappa shape index (κ3) is 2.88. The molecule has 0 aliphatic rings. The molecule has 0 bridgehead atoms. The molecule has 2 aromatic carbocycles. The van der Waals surface area contributed by atoms with E-state index in [1.165, 1.54) is 0 Å². The van der Waals surface area contributed by atoms with Gasteiger partial charge in [-0.3, -0.25) is 4.79 Å². The number of hydrogen-bond donors (Lipinski definition) is 2. The van der Waals surface area contributed by atoms with Crippen molar-refractivity contribution in [1.29, 1.82) is 0 Å². The predicted molar refractivity (Wildman–Crippen MR) is 69.9 cm³/mol. The van der Waals surface area contributed by atoms with Crippen LogP contribution >= 0.6 is 0 Å². The molecule has 0 saturated heterocycles. The van der Waals surface area contributed by atoms with Crippen LogP contribution in [0.5, 0.6) is 5.75 Å². The van der Waals surface area contributed by atoms with Crippen molar-refractivity contribution in [1.82, 2.24) is 0 Å². The number of rotatable bonds is 4. The average molecular weight is 240 g/mol. The first-order valence-electron chi connectivity index (χ1n) is 5.73. The third-order valence-corrected chi connectivity index (χ3v) is 2.75. The Morgan fingerprint density at radius 3 is 2.89 bits per heavy atom. The summed E-state index contributed by atoms with van der Waals surface area (Å²) in [6.45, 7) is 0. The number of carbonyl (C=O) groups is 1. The zero-order valence-electron chi connectivity index (χ0n) is 9.89. The summed E-state index contributed by atoms with van der Waals surface area (Å²) in [6, 6.07) is 15.6. The lowest BCUT2D eigenvalue weighted by atomic mass is 9.96. The van der Waals surface area contributed by atoms with Gasteiger partial charge in [-0.25, -0.2) is 0 Å². The molecule has 0 heterocycles. The number of amides is 1. The van der Waals surface area contributed by atoms with Gasteiger partial charge in [-0.1, -0.05) is 30.3 Å². The Hall–Kier alpha value is -2.29. The number of primary amides is 1. The van der Waals surface area contributed by atoms with Crippen molar-refractivity contribution < 1.29 is 9.90 Å². The van der Waals surface area contributed by atoms with Gasteiger partial charge in [-0.2, -0.15) is 0 Å². The van der Waals surface area contributed by atoms with Gasteiger partial charge in [0.05, 0.1) is 0 Å². The van der Waals surface area contributed by atoms with Crippen molar-refractivity contribution in [2.24, 2.45) is 5.73 Å². The van der Waals surface area contributed by atoms with Crippen LogP contribution in [-0.2, 0) is 11.2 Å². The molecule has 0 spiro atoms. The molecule has 0 unspecified atom stereocenters. The number of phenols is 1. The van der Waals surface area contributed by atoms with Gasteiger partial charge >= 0.3 is 0 Å². The fourth-order valence-corrected chi connectivity index (χ4v) is 1.88. The topological polar surface area (TPSA) is 63.3 Å². The number of aryl methyl sites for hydroxylation is 1. The van der Waals surface area contributed by atoms with Crippen LogP contribution < -0.4 is 5.73 Å². The van der Waals surface area contributed by atoms with Crippen LogP contribution in [0, 0.1) is 6.07 Å². The molecular weight excluding hydrogens is 226 g/mol. The zero-order chi connectivity index (χ0) is 13.0. The van der Waals surface area contributed by atoms with Gasteiger partial charge in [0.1, 0.15) is 5.75 Å². The molecule has 1 radical (unpaired) electrons. The van der Waals surface area contributed by atoms with Gasteiger partial charge in [0, 0.05) is 6.42 Å². The molecule has 18 heavy (non-hydrogen) atoms. The maximum absolute atomic E-state index is 10.8. The van der Waals surface area contributed by atoms with Crippen molar-refractivity contribution in [2.45, 2.75) is 12.8 Å². The summed E-state index contributed by atoms with van der Waals surface area (Å²) in [4.78, 5) is 10.8. The van der Waals surface area contributed by atoms with E-state index in [4.69, 9.17) is 5.73 Å². The first-order chi connectivity index (χ1) is 8.66. The third-order valence-electron chi connectivity index (χ3n) is 2.75. The highest BCUT2D eigenvalue weighted by atomic mass is 16.3.